The molecule has 1 saturated carbocycles. The van der Waals surface area contributed by atoms with E-state index in [1.165, 1.54) is 12.1 Å². The highest BCUT2D eigenvalue weighted by Crippen LogP contribution is 2.42. The van der Waals surface area contributed by atoms with Gasteiger partial charge in [-0.15, -0.1) is 0 Å². The van der Waals surface area contributed by atoms with Crippen molar-refractivity contribution in [2.45, 2.75) is 57.4 Å². The van der Waals surface area contributed by atoms with E-state index in [1.54, 1.807) is 0 Å². The number of amides is 2. The van der Waals surface area contributed by atoms with Crippen LogP contribution < -0.4 is 10.6 Å². The largest absolute Gasteiger partial charge is 0.355 e. The lowest BCUT2D eigenvalue weighted by Crippen LogP contribution is -2.44. The Morgan fingerprint density at radius 1 is 1.21 bits per heavy atom. The predicted octanol–water partition coefficient (Wildman–Crippen LogP) is 2.81. The summed E-state index contributed by atoms with van der Waals surface area (Å²) in [7, 11) is 0. The molecular formula is C18H24F2N2O2. The van der Waals surface area contributed by atoms with Gasteiger partial charge in [-0.3, -0.25) is 9.59 Å². The number of carbonyl (C=O) groups excluding carboxylic acids is 2. The lowest BCUT2D eigenvalue weighted by Gasteiger charge is -2.28. The molecule has 132 valence electrons. The van der Waals surface area contributed by atoms with Gasteiger partial charge in [0.25, 0.3) is 0 Å². The van der Waals surface area contributed by atoms with Gasteiger partial charge in [0, 0.05) is 30.6 Å². The number of hydrogen-bond donors (Lipinski definition) is 2. The van der Waals surface area contributed by atoms with Crippen LogP contribution in [0.1, 0.15) is 51.5 Å². The Kier molecular flexibility index (Phi) is 5.91. The fraction of sp³-hybridized carbons (Fsp3) is 0.556. The van der Waals surface area contributed by atoms with E-state index >= 15 is 0 Å². The Bertz CT molecular complexity index is 611. The second-order valence-electron chi connectivity index (χ2n) is 6.64. The summed E-state index contributed by atoms with van der Waals surface area (Å²) >= 11 is 0. The Hall–Kier alpha value is -1.98. The lowest BCUT2D eigenvalue weighted by atomic mass is 9.77. The van der Waals surface area contributed by atoms with Gasteiger partial charge in [0.05, 0.1) is 5.41 Å². The van der Waals surface area contributed by atoms with Gasteiger partial charge in [0.1, 0.15) is 11.6 Å². The maximum absolute atomic E-state index is 14.2. The van der Waals surface area contributed by atoms with Gasteiger partial charge in [0.2, 0.25) is 11.8 Å². The zero-order valence-electron chi connectivity index (χ0n) is 14.1. The molecule has 0 radical (unpaired) electrons. The monoisotopic (exact) mass is 338 g/mol. The molecule has 1 aromatic carbocycles. The van der Waals surface area contributed by atoms with Crippen LogP contribution in [0.2, 0.25) is 0 Å². The van der Waals surface area contributed by atoms with Gasteiger partial charge in [-0.05, 0) is 32.8 Å². The van der Waals surface area contributed by atoms with Crippen LogP contribution in [-0.2, 0) is 15.0 Å². The highest BCUT2D eigenvalue weighted by atomic mass is 19.1. The minimum absolute atomic E-state index is 0.0442. The predicted molar refractivity (Wildman–Crippen MR) is 87.4 cm³/mol. The van der Waals surface area contributed by atoms with Crippen molar-refractivity contribution < 1.29 is 18.4 Å². The quantitative estimate of drug-likeness (QED) is 0.838. The number of nitrogens with one attached hydrogen (secondary N) is 2. The highest BCUT2D eigenvalue weighted by Gasteiger charge is 2.44. The highest BCUT2D eigenvalue weighted by molar-refractivity contribution is 5.89. The second-order valence-corrected chi connectivity index (χ2v) is 6.64. The number of carbonyl (C=O) groups is 2. The standard InChI is InChI=1S/C18H24F2N2O2/c1-12(2)22-16(23)7-10-21-17(24)18(8-3-4-9-18)14-6-5-13(19)11-15(14)20/h5-6,11-12H,3-4,7-10H2,1-2H3,(H,21,24)(H,22,23). The molecule has 0 bridgehead atoms. The van der Waals surface area contributed by atoms with Gasteiger partial charge in [-0.2, -0.15) is 0 Å². The van der Waals surface area contributed by atoms with Crippen LogP contribution >= 0.6 is 0 Å². The average molecular weight is 338 g/mol. The van der Waals surface area contributed by atoms with Crippen molar-refractivity contribution in [2.75, 3.05) is 6.54 Å². The molecule has 0 atom stereocenters. The zero-order chi connectivity index (χ0) is 17.7. The topological polar surface area (TPSA) is 58.2 Å². The molecule has 24 heavy (non-hydrogen) atoms. The van der Waals surface area contributed by atoms with Gasteiger partial charge in [-0.25, -0.2) is 8.78 Å². The molecule has 1 aromatic rings. The first kappa shape index (κ1) is 18.4. The van der Waals surface area contributed by atoms with Crippen LogP contribution in [-0.4, -0.2) is 24.4 Å². The summed E-state index contributed by atoms with van der Waals surface area (Å²) in [5.41, 5.74) is -0.725. The molecule has 1 aliphatic carbocycles. The minimum Gasteiger partial charge on any atom is -0.355 e. The molecule has 2 amide bonds. The summed E-state index contributed by atoms with van der Waals surface area (Å²) in [6.45, 7) is 3.92. The van der Waals surface area contributed by atoms with Crippen LogP contribution in [0, 0.1) is 11.6 Å². The van der Waals surface area contributed by atoms with Crippen LogP contribution in [0.3, 0.4) is 0 Å². The van der Waals surface area contributed by atoms with Crippen LogP contribution in [0.4, 0.5) is 8.78 Å². The zero-order valence-corrected chi connectivity index (χ0v) is 14.1. The average Bonchev–Trinajstić information content (AvgIpc) is 2.96. The van der Waals surface area contributed by atoms with Crippen molar-refractivity contribution >= 4 is 11.8 Å². The van der Waals surface area contributed by atoms with E-state index in [1.807, 2.05) is 13.8 Å². The Balaban J connectivity index is 2.07. The number of hydrogen-bond acceptors (Lipinski definition) is 2. The lowest BCUT2D eigenvalue weighted by molar-refractivity contribution is -0.127. The molecule has 2 N–H and O–H groups in total. The Morgan fingerprint density at radius 3 is 2.46 bits per heavy atom. The summed E-state index contributed by atoms with van der Waals surface area (Å²) in [5, 5.41) is 5.50. The number of rotatable bonds is 6. The van der Waals surface area contributed by atoms with Gasteiger partial charge < -0.3 is 10.6 Å². The third-order valence-corrected chi connectivity index (χ3v) is 4.43. The second kappa shape index (κ2) is 7.73. The summed E-state index contributed by atoms with van der Waals surface area (Å²) in [6.07, 6.45) is 2.86. The van der Waals surface area contributed by atoms with E-state index in [2.05, 4.69) is 10.6 Å². The van der Waals surface area contributed by atoms with Crippen molar-refractivity contribution in [3.05, 3.63) is 35.4 Å². The molecule has 0 aliphatic heterocycles. The third-order valence-electron chi connectivity index (χ3n) is 4.43. The van der Waals surface area contributed by atoms with Crippen molar-refractivity contribution in [1.82, 2.24) is 10.6 Å². The Labute approximate surface area is 141 Å². The summed E-state index contributed by atoms with van der Waals surface area (Å²) in [5.74, 6) is -1.78. The molecular weight excluding hydrogens is 314 g/mol. The first-order valence-corrected chi connectivity index (χ1v) is 8.38. The molecule has 0 heterocycles. The van der Waals surface area contributed by atoms with E-state index in [9.17, 15) is 18.4 Å². The number of benzene rings is 1. The summed E-state index contributed by atoms with van der Waals surface area (Å²) in [4.78, 5) is 24.3. The van der Waals surface area contributed by atoms with E-state index in [0.717, 1.165) is 18.9 Å². The third kappa shape index (κ3) is 4.10. The fourth-order valence-electron chi connectivity index (χ4n) is 3.33. The van der Waals surface area contributed by atoms with Crippen LogP contribution in [0.15, 0.2) is 18.2 Å². The first-order chi connectivity index (χ1) is 11.3. The molecule has 4 nitrogen and oxygen atoms in total. The summed E-state index contributed by atoms with van der Waals surface area (Å²) in [6, 6.07) is 3.41. The van der Waals surface area contributed by atoms with Crippen molar-refractivity contribution in [1.29, 1.82) is 0 Å². The molecule has 1 aliphatic rings. The summed E-state index contributed by atoms with van der Waals surface area (Å²) < 4.78 is 27.4. The van der Waals surface area contributed by atoms with Crippen molar-refractivity contribution in [2.24, 2.45) is 0 Å². The molecule has 2 rings (SSSR count). The maximum Gasteiger partial charge on any atom is 0.230 e. The van der Waals surface area contributed by atoms with Crippen molar-refractivity contribution in [3.8, 4) is 0 Å². The Morgan fingerprint density at radius 2 is 1.88 bits per heavy atom. The molecule has 0 aromatic heterocycles. The SMILES string of the molecule is CC(C)NC(=O)CCNC(=O)C1(c2ccc(F)cc2F)CCCC1. The van der Waals surface area contributed by atoms with Gasteiger partial charge >= 0.3 is 0 Å². The normalized spacial score (nSPS) is 16.2. The van der Waals surface area contributed by atoms with E-state index in [0.29, 0.717) is 12.8 Å². The van der Waals surface area contributed by atoms with E-state index in [-0.39, 0.29) is 36.4 Å². The van der Waals surface area contributed by atoms with E-state index in [4.69, 9.17) is 0 Å². The maximum atomic E-state index is 14.2. The van der Waals surface area contributed by atoms with Crippen LogP contribution in [0.5, 0.6) is 0 Å². The number of halogens is 2. The smallest absolute Gasteiger partial charge is 0.230 e. The first-order valence-electron chi connectivity index (χ1n) is 8.38. The van der Waals surface area contributed by atoms with Crippen molar-refractivity contribution in [3.63, 3.8) is 0 Å². The van der Waals surface area contributed by atoms with Gasteiger partial charge in [0.15, 0.2) is 0 Å². The molecule has 6 heteroatoms. The van der Waals surface area contributed by atoms with E-state index < -0.39 is 17.0 Å². The molecule has 0 spiro atoms. The minimum atomic E-state index is -0.966. The molecule has 0 unspecified atom stereocenters. The molecule has 1 fully saturated rings. The molecule has 0 saturated heterocycles. The van der Waals surface area contributed by atoms with Crippen LogP contribution in [0.25, 0.3) is 0 Å². The van der Waals surface area contributed by atoms with Gasteiger partial charge in [-0.1, -0.05) is 18.9 Å². The fourth-order valence-corrected chi connectivity index (χ4v) is 3.33.